The first kappa shape index (κ1) is 32.3. The van der Waals surface area contributed by atoms with Crippen molar-refractivity contribution in [3.8, 4) is 11.5 Å². The number of allylic oxidation sites excluding steroid dienone is 1. The molecule has 1 amide bonds. The number of thiocarbonyl (C=S) groups is 1. The fraction of sp³-hybridized carbons (Fsp3) is 0.200. The molecule has 1 aliphatic rings. The van der Waals surface area contributed by atoms with Gasteiger partial charge in [0.25, 0.3) is 11.6 Å². The van der Waals surface area contributed by atoms with Crippen molar-refractivity contribution < 1.29 is 28.7 Å². The monoisotopic (exact) mass is 729 g/mol. The van der Waals surface area contributed by atoms with E-state index in [1.807, 2.05) is 6.07 Å². The van der Waals surface area contributed by atoms with Crippen molar-refractivity contribution in [1.82, 2.24) is 16.1 Å². The van der Waals surface area contributed by atoms with Crippen LogP contribution >= 0.6 is 34.8 Å². The lowest BCUT2D eigenvalue weighted by Gasteiger charge is -2.30. The summed E-state index contributed by atoms with van der Waals surface area (Å²) in [5, 5.41) is 21.4. The van der Waals surface area contributed by atoms with Gasteiger partial charge in [0.05, 0.1) is 32.9 Å². The molecule has 1 aliphatic heterocycles. The summed E-state index contributed by atoms with van der Waals surface area (Å²) in [6.07, 6.45) is 1.48. The number of nitro benzene ring substituents is 1. The highest BCUT2D eigenvalue weighted by atomic mass is 127. The van der Waals surface area contributed by atoms with Crippen molar-refractivity contribution in [3.63, 3.8) is 0 Å². The van der Waals surface area contributed by atoms with Crippen LogP contribution < -0.4 is 25.5 Å². The van der Waals surface area contributed by atoms with Gasteiger partial charge in [-0.25, -0.2) is 10.2 Å². The number of carbonyl (C=O) groups excluding carboxylic acids is 2. The number of esters is 1. The second-order valence-electron chi connectivity index (χ2n) is 9.32. The van der Waals surface area contributed by atoms with Gasteiger partial charge >= 0.3 is 5.97 Å². The van der Waals surface area contributed by atoms with Crippen LogP contribution in [0, 0.1) is 13.7 Å². The third kappa shape index (κ3) is 8.50. The maximum Gasteiger partial charge on any atom is 0.338 e. The minimum atomic E-state index is -0.638. The second-order valence-corrected chi connectivity index (χ2v) is 10.9. The Bertz CT molecular complexity index is 1650. The minimum absolute atomic E-state index is 0.00261. The summed E-state index contributed by atoms with van der Waals surface area (Å²) in [5.74, 6) is 0.00842. The first-order chi connectivity index (χ1) is 21.2. The zero-order valence-electron chi connectivity index (χ0n) is 23.7. The average molecular weight is 730 g/mol. The number of hydrogen-bond donors (Lipinski definition) is 3. The molecule has 0 unspecified atom stereocenters. The van der Waals surface area contributed by atoms with Crippen molar-refractivity contribution in [2.24, 2.45) is 5.10 Å². The predicted molar refractivity (Wildman–Crippen MR) is 175 cm³/mol. The summed E-state index contributed by atoms with van der Waals surface area (Å²) in [6, 6.07) is 18.0. The molecular formula is C30H28IN5O7S. The van der Waals surface area contributed by atoms with E-state index in [4.69, 9.17) is 26.4 Å². The molecule has 0 fully saturated rings. The molecule has 0 radical (unpaired) electrons. The SMILES string of the molecule is CCOC(=O)C1=C(C)NC(=S)N[C@H]1c1ccccc1OCC(=O)NN=Cc1ccc(OCc2cccc([N+](=O)[O-])c2)c(I)c1. The third-order valence-electron chi connectivity index (χ3n) is 6.23. The number of hydrogen-bond acceptors (Lipinski definition) is 9. The number of hydrazone groups is 1. The number of carbonyl (C=O) groups is 2. The van der Waals surface area contributed by atoms with E-state index in [-0.39, 0.29) is 25.5 Å². The second kappa shape index (κ2) is 15.2. The standard InChI is InChI=1S/C30H28IN5O7S/c1-3-41-29(38)27-18(2)33-30(44)34-28(27)22-9-4-5-10-24(22)43-17-26(37)35-32-15-19-11-12-25(23(31)14-19)42-16-20-7-6-8-21(13-20)36(39)40/h4-15,28H,3,16-17H2,1-2H3,(H,35,37)(H2,33,34,44)/t28-/m0/s1. The smallest absolute Gasteiger partial charge is 0.338 e. The molecule has 0 saturated carbocycles. The Morgan fingerprint density at radius 1 is 1.11 bits per heavy atom. The topological polar surface area (TPSA) is 153 Å². The number of benzene rings is 3. The van der Waals surface area contributed by atoms with Crippen LogP contribution in [-0.4, -0.2) is 41.3 Å². The van der Waals surface area contributed by atoms with Crippen LogP contribution in [0.5, 0.6) is 11.5 Å². The van der Waals surface area contributed by atoms with Gasteiger partial charge in [0.2, 0.25) is 0 Å². The van der Waals surface area contributed by atoms with Crippen LogP contribution in [0.2, 0.25) is 0 Å². The van der Waals surface area contributed by atoms with Crippen molar-refractivity contribution in [2.75, 3.05) is 13.2 Å². The molecule has 0 spiro atoms. The van der Waals surface area contributed by atoms with Gasteiger partial charge in [-0.15, -0.1) is 0 Å². The van der Waals surface area contributed by atoms with Crippen molar-refractivity contribution in [1.29, 1.82) is 0 Å². The van der Waals surface area contributed by atoms with Crippen LogP contribution in [0.1, 0.15) is 36.6 Å². The number of ether oxygens (including phenoxy) is 3. The lowest BCUT2D eigenvalue weighted by atomic mass is 9.95. The van der Waals surface area contributed by atoms with Gasteiger partial charge in [-0.05, 0) is 84.0 Å². The van der Waals surface area contributed by atoms with Crippen molar-refractivity contribution in [3.05, 3.63) is 108 Å². The molecule has 12 nitrogen and oxygen atoms in total. The molecule has 0 aromatic heterocycles. The average Bonchev–Trinajstić information content (AvgIpc) is 2.99. The van der Waals surface area contributed by atoms with E-state index >= 15 is 0 Å². The van der Waals surface area contributed by atoms with Gasteiger partial charge in [-0.2, -0.15) is 5.10 Å². The van der Waals surface area contributed by atoms with Crippen molar-refractivity contribution in [2.45, 2.75) is 26.5 Å². The Balaban J connectivity index is 1.34. The first-order valence-electron chi connectivity index (χ1n) is 13.3. The molecule has 3 N–H and O–H groups in total. The van der Waals surface area contributed by atoms with Gasteiger partial charge < -0.3 is 24.8 Å². The number of amides is 1. The molecule has 3 aromatic rings. The molecule has 44 heavy (non-hydrogen) atoms. The molecule has 4 rings (SSSR count). The number of rotatable bonds is 12. The summed E-state index contributed by atoms with van der Waals surface area (Å²) in [4.78, 5) is 35.8. The van der Waals surface area contributed by atoms with E-state index in [0.29, 0.717) is 44.6 Å². The molecule has 228 valence electrons. The van der Waals surface area contributed by atoms with Crippen molar-refractivity contribution >= 4 is 63.7 Å². The zero-order chi connectivity index (χ0) is 31.6. The number of para-hydroxylation sites is 1. The number of nitrogens with one attached hydrogen (secondary N) is 3. The summed E-state index contributed by atoms with van der Waals surface area (Å²) >= 11 is 7.42. The third-order valence-corrected chi connectivity index (χ3v) is 7.29. The van der Waals surface area contributed by atoms with Gasteiger partial charge in [0.1, 0.15) is 18.1 Å². The van der Waals surface area contributed by atoms with E-state index in [1.165, 1.54) is 18.3 Å². The molecule has 1 heterocycles. The zero-order valence-corrected chi connectivity index (χ0v) is 26.6. The summed E-state index contributed by atoms with van der Waals surface area (Å²) < 4.78 is 17.7. The number of halogens is 1. The van der Waals surface area contributed by atoms with Gasteiger partial charge in [-0.1, -0.05) is 30.3 Å². The van der Waals surface area contributed by atoms with Crippen LogP contribution in [0.4, 0.5) is 5.69 Å². The maximum atomic E-state index is 12.7. The highest BCUT2D eigenvalue weighted by Gasteiger charge is 2.32. The Morgan fingerprint density at radius 2 is 1.91 bits per heavy atom. The molecule has 3 aromatic carbocycles. The Hall–Kier alpha value is -4.57. The quantitative estimate of drug-likeness (QED) is 0.0599. The summed E-state index contributed by atoms with van der Waals surface area (Å²) in [7, 11) is 0. The lowest BCUT2D eigenvalue weighted by Crippen LogP contribution is -2.45. The molecule has 0 bridgehead atoms. The Morgan fingerprint density at radius 3 is 2.66 bits per heavy atom. The minimum Gasteiger partial charge on any atom is -0.488 e. The van der Waals surface area contributed by atoms with Crippen LogP contribution in [0.3, 0.4) is 0 Å². The Kier molecular flexibility index (Phi) is 11.2. The molecule has 14 heteroatoms. The van der Waals surface area contributed by atoms with E-state index in [9.17, 15) is 19.7 Å². The van der Waals surface area contributed by atoms with Crippen LogP contribution in [0.15, 0.2) is 83.1 Å². The normalized spacial score (nSPS) is 14.4. The molecule has 0 aliphatic carbocycles. The van der Waals surface area contributed by atoms with Crippen LogP contribution in [0.25, 0.3) is 0 Å². The summed E-state index contributed by atoms with van der Waals surface area (Å²) in [5.41, 5.74) is 5.37. The highest BCUT2D eigenvalue weighted by molar-refractivity contribution is 14.1. The highest BCUT2D eigenvalue weighted by Crippen LogP contribution is 2.33. The van der Waals surface area contributed by atoms with E-state index in [0.717, 1.165) is 3.57 Å². The maximum absolute atomic E-state index is 12.7. The Labute approximate surface area is 272 Å². The van der Waals surface area contributed by atoms with E-state index < -0.39 is 22.8 Å². The van der Waals surface area contributed by atoms with E-state index in [1.54, 1.807) is 62.4 Å². The van der Waals surface area contributed by atoms with Gasteiger partial charge in [0, 0.05) is 23.4 Å². The van der Waals surface area contributed by atoms with Crippen LogP contribution in [-0.2, 0) is 20.9 Å². The molecule has 1 atom stereocenters. The van der Waals surface area contributed by atoms with Gasteiger partial charge in [-0.3, -0.25) is 14.9 Å². The van der Waals surface area contributed by atoms with E-state index in [2.05, 4.69) is 43.8 Å². The fourth-order valence-electron chi connectivity index (χ4n) is 4.25. The number of nitro groups is 1. The van der Waals surface area contributed by atoms with Gasteiger partial charge in [0.15, 0.2) is 11.7 Å². The first-order valence-corrected chi connectivity index (χ1v) is 14.8. The fourth-order valence-corrected chi connectivity index (χ4v) is 5.21. The molecule has 0 saturated heterocycles. The number of nitrogens with zero attached hydrogens (tertiary/aromatic N) is 2. The largest absolute Gasteiger partial charge is 0.488 e. The lowest BCUT2D eigenvalue weighted by molar-refractivity contribution is -0.384. The predicted octanol–water partition coefficient (Wildman–Crippen LogP) is 4.66. The number of non-ortho nitro benzene ring substituents is 1. The molecular weight excluding hydrogens is 701 g/mol. The summed E-state index contributed by atoms with van der Waals surface area (Å²) in [6.45, 7) is 3.52.